The van der Waals surface area contributed by atoms with Crippen molar-refractivity contribution >= 4 is 5.91 Å². The van der Waals surface area contributed by atoms with Crippen LogP contribution in [0.2, 0.25) is 0 Å². The van der Waals surface area contributed by atoms with E-state index in [4.69, 9.17) is 4.74 Å². The van der Waals surface area contributed by atoms with E-state index < -0.39 is 0 Å². The second-order valence-corrected chi connectivity index (χ2v) is 7.69. The van der Waals surface area contributed by atoms with E-state index in [2.05, 4.69) is 36.5 Å². The third-order valence-corrected chi connectivity index (χ3v) is 5.35. The van der Waals surface area contributed by atoms with Gasteiger partial charge in [-0.25, -0.2) is 0 Å². The summed E-state index contributed by atoms with van der Waals surface area (Å²) in [5, 5.41) is 3.16. The molecule has 4 heteroatoms. The molecule has 2 aromatic rings. The van der Waals surface area contributed by atoms with Crippen molar-refractivity contribution in [3.8, 4) is 5.75 Å². The molecule has 144 valence electrons. The second-order valence-electron chi connectivity index (χ2n) is 7.69. The summed E-state index contributed by atoms with van der Waals surface area (Å²) in [7, 11) is 3.72. The van der Waals surface area contributed by atoms with Crippen LogP contribution in [0.3, 0.4) is 0 Å². The number of nitrogens with one attached hydrogen (secondary N) is 2. The highest BCUT2D eigenvalue weighted by atomic mass is 16.5. The van der Waals surface area contributed by atoms with E-state index in [0.29, 0.717) is 6.54 Å². The molecule has 2 atom stereocenters. The van der Waals surface area contributed by atoms with Gasteiger partial charge in [-0.1, -0.05) is 30.3 Å². The van der Waals surface area contributed by atoms with Crippen molar-refractivity contribution in [1.29, 1.82) is 0 Å². The molecule has 0 fully saturated rings. The fourth-order valence-corrected chi connectivity index (χ4v) is 3.87. The van der Waals surface area contributed by atoms with Gasteiger partial charge in [-0.2, -0.15) is 0 Å². The van der Waals surface area contributed by atoms with Crippen LogP contribution in [0.25, 0.3) is 0 Å². The maximum Gasteiger partial charge on any atom is 0.275 e. The number of carbonyl (C=O) groups excluding carboxylic acids is 1. The number of benzene rings is 2. The van der Waals surface area contributed by atoms with Gasteiger partial charge in [-0.3, -0.25) is 4.79 Å². The van der Waals surface area contributed by atoms with Crippen molar-refractivity contribution in [3.63, 3.8) is 0 Å². The van der Waals surface area contributed by atoms with Crippen LogP contribution in [0.5, 0.6) is 5.75 Å². The third kappa shape index (κ3) is 5.33. The van der Waals surface area contributed by atoms with Gasteiger partial charge in [0.15, 0.2) is 6.54 Å². The molecule has 1 aliphatic rings. The van der Waals surface area contributed by atoms with Gasteiger partial charge in [-0.15, -0.1) is 0 Å². The Labute approximate surface area is 162 Å². The Morgan fingerprint density at radius 1 is 1.15 bits per heavy atom. The minimum absolute atomic E-state index is 0.0364. The van der Waals surface area contributed by atoms with Gasteiger partial charge in [-0.05, 0) is 61.4 Å². The van der Waals surface area contributed by atoms with Crippen LogP contribution in [-0.4, -0.2) is 26.6 Å². The molecule has 2 N–H and O–H groups in total. The number of likely N-dealkylation sites (N-methyl/N-ethyl adjacent to an activating group) is 1. The summed E-state index contributed by atoms with van der Waals surface area (Å²) < 4.78 is 5.27. The summed E-state index contributed by atoms with van der Waals surface area (Å²) >= 11 is 0. The van der Waals surface area contributed by atoms with Crippen molar-refractivity contribution in [1.82, 2.24) is 5.32 Å². The number of fused-ring (bicyclic) bond motifs is 1. The lowest BCUT2D eigenvalue weighted by atomic mass is 9.89. The summed E-state index contributed by atoms with van der Waals surface area (Å²) in [6.45, 7) is 3.31. The van der Waals surface area contributed by atoms with E-state index in [1.807, 2.05) is 25.2 Å². The molecule has 1 aliphatic carbocycles. The lowest BCUT2D eigenvalue weighted by Crippen LogP contribution is -3.08. The first-order valence-electron chi connectivity index (χ1n) is 9.90. The topological polar surface area (TPSA) is 42.8 Å². The highest BCUT2D eigenvalue weighted by Gasteiger charge is 2.16. The van der Waals surface area contributed by atoms with E-state index >= 15 is 0 Å². The number of aryl methyl sites for hydroxylation is 2. The van der Waals surface area contributed by atoms with Gasteiger partial charge in [0.25, 0.3) is 5.91 Å². The summed E-state index contributed by atoms with van der Waals surface area (Å²) in [4.78, 5) is 13.6. The van der Waals surface area contributed by atoms with Crippen LogP contribution < -0.4 is 15.0 Å². The van der Waals surface area contributed by atoms with Gasteiger partial charge in [0.1, 0.15) is 12.3 Å². The Morgan fingerprint density at radius 3 is 2.70 bits per heavy atom. The molecule has 1 amide bonds. The van der Waals surface area contributed by atoms with E-state index in [1.54, 1.807) is 7.11 Å². The Morgan fingerprint density at radius 2 is 1.93 bits per heavy atom. The number of methoxy groups -OCH3 is 1. The zero-order valence-electron chi connectivity index (χ0n) is 16.7. The maximum absolute atomic E-state index is 12.5. The summed E-state index contributed by atoms with van der Waals surface area (Å²) in [5.74, 6) is 0.936. The predicted molar refractivity (Wildman–Crippen MR) is 108 cm³/mol. The van der Waals surface area contributed by atoms with Gasteiger partial charge in [0, 0.05) is 5.56 Å². The van der Waals surface area contributed by atoms with Crippen molar-refractivity contribution < 1.29 is 14.4 Å². The SMILES string of the molecule is COc1cccc(C[NH+](C)CC(=O)N[C@H](C)c2ccc3c(c2)CCCC3)c1. The zero-order valence-corrected chi connectivity index (χ0v) is 16.7. The summed E-state index contributed by atoms with van der Waals surface area (Å²) in [6.07, 6.45) is 4.92. The quantitative estimate of drug-likeness (QED) is 0.789. The number of ether oxygens (including phenoxy) is 1. The molecular weight excluding hydrogens is 336 g/mol. The van der Waals surface area contributed by atoms with Gasteiger partial charge in [0.2, 0.25) is 0 Å². The normalized spacial score (nSPS) is 15.5. The summed E-state index contributed by atoms with van der Waals surface area (Å²) in [5.41, 5.74) is 5.31. The minimum atomic E-state index is 0.0364. The average Bonchev–Trinajstić information content (AvgIpc) is 2.67. The Hall–Kier alpha value is -2.33. The van der Waals surface area contributed by atoms with Crippen molar-refractivity contribution in [2.45, 2.75) is 45.2 Å². The fraction of sp³-hybridized carbons (Fsp3) is 0.435. The van der Waals surface area contributed by atoms with Gasteiger partial charge in [0.05, 0.1) is 20.2 Å². The van der Waals surface area contributed by atoms with Crippen LogP contribution in [0, 0.1) is 0 Å². The highest BCUT2D eigenvalue weighted by Crippen LogP contribution is 2.24. The number of rotatable bonds is 7. The second kappa shape index (κ2) is 9.05. The molecular formula is C23H31N2O2+. The lowest BCUT2D eigenvalue weighted by Gasteiger charge is -2.21. The maximum atomic E-state index is 12.5. The van der Waals surface area contributed by atoms with Crippen LogP contribution in [0.15, 0.2) is 42.5 Å². The third-order valence-electron chi connectivity index (χ3n) is 5.35. The van der Waals surface area contributed by atoms with Gasteiger partial charge < -0.3 is 15.0 Å². The molecule has 0 spiro atoms. The van der Waals surface area contributed by atoms with Crippen molar-refractivity contribution in [2.75, 3.05) is 20.7 Å². The molecule has 0 saturated heterocycles. The Bertz CT molecular complexity index is 788. The zero-order chi connectivity index (χ0) is 19.2. The predicted octanol–water partition coefficient (Wildman–Crippen LogP) is 2.47. The molecule has 3 rings (SSSR count). The molecule has 0 bridgehead atoms. The highest BCUT2D eigenvalue weighted by molar-refractivity contribution is 5.77. The molecule has 0 heterocycles. The number of hydrogen-bond acceptors (Lipinski definition) is 2. The molecule has 0 aliphatic heterocycles. The Kier molecular flexibility index (Phi) is 6.51. The van der Waals surface area contributed by atoms with E-state index in [0.717, 1.165) is 23.6 Å². The molecule has 4 nitrogen and oxygen atoms in total. The number of hydrogen-bond donors (Lipinski definition) is 2. The standard InChI is InChI=1S/C23H30N2O2/c1-17(20-12-11-19-8-4-5-9-21(19)14-20)24-23(26)16-25(2)15-18-7-6-10-22(13-18)27-3/h6-7,10-14,17H,4-5,8-9,15-16H2,1-3H3,(H,24,26)/p+1/t17-/m1/s1. The molecule has 1 unspecified atom stereocenters. The number of amides is 1. The molecule has 27 heavy (non-hydrogen) atoms. The smallest absolute Gasteiger partial charge is 0.275 e. The lowest BCUT2D eigenvalue weighted by molar-refractivity contribution is -0.885. The monoisotopic (exact) mass is 367 g/mol. The number of quaternary nitrogens is 1. The molecule has 0 aromatic heterocycles. The number of carbonyl (C=O) groups is 1. The van der Waals surface area contributed by atoms with Crippen LogP contribution in [-0.2, 0) is 24.2 Å². The summed E-state index contributed by atoms with van der Waals surface area (Å²) in [6, 6.07) is 14.7. The van der Waals surface area contributed by atoms with Crippen molar-refractivity contribution in [3.05, 3.63) is 64.7 Å². The molecule has 0 saturated carbocycles. The van der Waals surface area contributed by atoms with Gasteiger partial charge >= 0.3 is 0 Å². The largest absolute Gasteiger partial charge is 0.497 e. The van der Waals surface area contributed by atoms with E-state index in [9.17, 15) is 4.79 Å². The fourth-order valence-electron chi connectivity index (χ4n) is 3.87. The first-order chi connectivity index (χ1) is 13.0. The Balaban J connectivity index is 1.53. The van der Waals surface area contributed by atoms with Crippen LogP contribution in [0.4, 0.5) is 0 Å². The van der Waals surface area contributed by atoms with Crippen LogP contribution in [0.1, 0.15) is 48.1 Å². The minimum Gasteiger partial charge on any atom is -0.497 e. The molecule has 0 radical (unpaired) electrons. The van der Waals surface area contributed by atoms with E-state index in [1.165, 1.54) is 41.5 Å². The first kappa shape index (κ1) is 19.4. The van der Waals surface area contributed by atoms with Crippen LogP contribution >= 0.6 is 0 Å². The molecule has 2 aromatic carbocycles. The van der Waals surface area contributed by atoms with E-state index in [-0.39, 0.29) is 11.9 Å². The van der Waals surface area contributed by atoms with Crippen molar-refractivity contribution in [2.24, 2.45) is 0 Å². The average molecular weight is 368 g/mol. The first-order valence-corrected chi connectivity index (χ1v) is 9.90.